The van der Waals surface area contributed by atoms with Crippen LogP contribution in [0.25, 0.3) is 0 Å². The number of hydrogen-bond acceptors (Lipinski definition) is 4. The van der Waals surface area contributed by atoms with Crippen molar-refractivity contribution in [3.8, 4) is 0 Å². The molecular weight excluding hydrogens is 351 g/mol. The van der Waals surface area contributed by atoms with E-state index in [-0.39, 0.29) is 5.04 Å². The summed E-state index contributed by atoms with van der Waals surface area (Å²) in [6.07, 6.45) is -5.31. The molecule has 1 aromatic carbocycles. The van der Waals surface area contributed by atoms with Crippen LogP contribution in [-0.2, 0) is 20.1 Å². The van der Waals surface area contributed by atoms with Crippen LogP contribution in [0, 0.1) is 0 Å². The number of halogens is 3. The molecule has 0 fully saturated rings. The summed E-state index contributed by atoms with van der Waals surface area (Å²) in [5.74, 6) is -0.677. The van der Waals surface area contributed by atoms with E-state index in [0.717, 1.165) is 12.1 Å². The minimum atomic E-state index is -4.43. The van der Waals surface area contributed by atoms with Gasteiger partial charge in [0.05, 0.1) is 18.8 Å². The smallest absolute Gasteiger partial charge is 0.416 e. The first kappa shape index (κ1) is 21.7. The molecule has 25 heavy (non-hydrogen) atoms. The van der Waals surface area contributed by atoms with Gasteiger partial charge in [-0.1, -0.05) is 32.9 Å². The monoisotopic (exact) mass is 377 g/mol. The third-order valence-corrected chi connectivity index (χ3v) is 9.05. The van der Waals surface area contributed by atoms with E-state index in [1.165, 1.54) is 19.2 Å². The molecule has 4 nitrogen and oxygen atoms in total. The summed E-state index contributed by atoms with van der Waals surface area (Å²) in [5, 5.41) is -0.160. The van der Waals surface area contributed by atoms with E-state index < -0.39 is 38.2 Å². The Labute approximate surface area is 147 Å². The molecule has 1 rings (SSSR count). The van der Waals surface area contributed by atoms with E-state index in [1.807, 2.05) is 33.9 Å². The fourth-order valence-electron chi connectivity index (χ4n) is 1.96. The van der Waals surface area contributed by atoms with Gasteiger partial charge in [0.2, 0.25) is 0 Å². The van der Waals surface area contributed by atoms with Gasteiger partial charge in [-0.05, 0) is 35.8 Å². The Morgan fingerprint density at radius 2 is 1.60 bits per heavy atom. The highest BCUT2D eigenvalue weighted by Crippen LogP contribution is 2.41. The van der Waals surface area contributed by atoms with Gasteiger partial charge in [0.25, 0.3) is 0 Å². The molecule has 0 saturated carbocycles. The summed E-state index contributed by atoms with van der Waals surface area (Å²) >= 11 is 0. The third kappa shape index (κ3) is 5.29. The predicted molar refractivity (Wildman–Crippen MR) is 92.5 cm³/mol. The first-order chi connectivity index (χ1) is 11.2. The third-order valence-electron chi connectivity index (χ3n) is 4.59. The van der Waals surface area contributed by atoms with Crippen LogP contribution in [0.2, 0.25) is 18.1 Å². The fraction of sp³-hybridized carbons (Fsp3) is 0.588. The summed E-state index contributed by atoms with van der Waals surface area (Å²) < 4.78 is 49.2. The second-order valence-electron chi connectivity index (χ2n) is 7.47. The zero-order chi connectivity index (χ0) is 19.6. The highest BCUT2D eigenvalue weighted by atomic mass is 28.4. The number of ether oxygens (including phenoxy) is 1. The summed E-state index contributed by atoms with van der Waals surface area (Å²) in [6, 6.07) is 3.38. The van der Waals surface area contributed by atoms with Crippen LogP contribution in [0.3, 0.4) is 0 Å². The number of carbonyl (C=O) groups excluding carboxylic acids is 1. The van der Waals surface area contributed by atoms with Crippen molar-refractivity contribution in [1.82, 2.24) is 0 Å². The van der Waals surface area contributed by atoms with Crippen LogP contribution in [0.4, 0.5) is 13.2 Å². The van der Waals surface area contributed by atoms with E-state index >= 15 is 0 Å². The number of hydrogen-bond donors (Lipinski definition) is 1. The zero-order valence-electron chi connectivity index (χ0n) is 15.4. The van der Waals surface area contributed by atoms with Gasteiger partial charge < -0.3 is 14.9 Å². The van der Waals surface area contributed by atoms with Crippen LogP contribution in [-0.4, -0.2) is 27.4 Å². The average molecular weight is 377 g/mol. The number of carbonyl (C=O) groups is 1. The van der Waals surface area contributed by atoms with Crippen LogP contribution in [0.5, 0.6) is 0 Å². The van der Waals surface area contributed by atoms with Crippen LogP contribution < -0.4 is 5.73 Å². The van der Waals surface area contributed by atoms with Gasteiger partial charge in [0.1, 0.15) is 6.04 Å². The molecule has 0 heterocycles. The molecule has 0 aliphatic heterocycles. The lowest BCUT2D eigenvalue weighted by atomic mass is 10.0. The maximum atomic E-state index is 12.8. The summed E-state index contributed by atoms with van der Waals surface area (Å²) in [5.41, 5.74) is 5.62. The van der Waals surface area contributed by atoms with Gasteiger partial charge in [0, 0.05) is 0 Å². The fourth-order valence-corrected chi connectivity index (χ4v) is 3.24. The maximum Gasteiger partial charge on any atom is 0.416 e. The molecule has 0 radical (unpaired) electrons. The Morgan fingerprint density at radius 3 is 1.96 bits per heavy atom. The van der Waals surface area contributed by atoms with Gasteiger partial charge in [-0.2, -0.15) is 13.2 Å². The Kier molecular flexibility index (Phi) is 6.47. The predicted octanol–water partition coefficient (Wildman–Crippen LogP) is 4.27. The van der Waals surface area contributed by atoms with Crippen molar-refractivity contribution in [2.75, 3.05) is 7.11 Å². The Bertz CT molecular complexity index is 595. The number of esters is 1. The summed E-state index contributed by atoms with van der Waals surface area (Å²) in [7, 11) is -1.13. The second kappa shape index (κ2) is 7.47. The SMILES string of the molecule is COC(=O)C(N)[C@@H](O[Si](C)(C)C(C)(C)C)c1ccc(C(F)(F)F)cc1. The molecule has 0 amide bonds. The molecule has 8 heteroatoms. The van der Waals surface area contributed by atoms with E-state index in [1.54, 1.807) is 0 Å². The molecule has 0 spiro atoms. The lowest BCUT2D eigenvalue weighted by molar-refractivity contribution is -0.145. The largest absolute Gasteiger partial charge is 0.468 e. The van der Waals surface area contributed by atoms with Crippen LogP contribution in [0.15, 0.2) is 24.3 Å². The molecule has 0 aromatic heterocycles. The minimum Gasteiger partial charge on any atom is -0.468 e. The number of methoxy groups -OCH3 is 1. The summed E-state index contributed by atoms with van der Waals surface area (Å²) in [4.78, 5) is 11.9. The van der Waals surface area contributed by atoms with E-state index in [2.05, 4.69) is 4.74 Å². The lowest BCUT2D eigenvalue weighted by Crippen LogP contribution is -2.48. The molecule has 0 bridgehead atoms. The average Bonchev–Trinajstić information content (AvgIpc) is 2.49. The number of alkyl halides is 3. The highest BCUT2D eigenvalue weighted by molar-refractivity contribution is 6.74. The first-order valence-electron chi connectivity index (χ1n) is 7.89. The Morgan fingerprint density at radius 1 is 1.12 bits per heavy atom. The van der Waals surface area contributed by atoms with Gasteiger partial charge >= 0.3 is 12.1 Å². The maximum absolute atomic E-state index is 12.8. The van der Waals surface area contributed by atoms with Gasteiger partial charge in [-0.15, -0.1) is 0 Å². The van der Waals surface area contributed by atoms with Gasteiger partial charge in [-0.25, -0.2) is 0 Å². The molecule has 142 valence electrons. The quantitative estimate of drug-likeness (QED) is 0.615. The normalized spacial score (nSPS) is 15.6. The lowest BCUT2D eigenvalue weighted by Gasteiger charge is -2.40. The molecule has 0 aliphatic rings. The van der Waals surface area contributed by atoms with Crippen LogP contribution >= 0.6 is 0 Å². The molecule has 1 unspecified atom stereocenters. The molecule has 1 aromatic rings. The van der Waals surface area contributed by atoms with Crippen molar-refractivity contribution in [1.29, 1.82) is 0 Å². The zero-order valence-corrected chi connectivity index (χ0v) is 16.4. The van der Waals surface area contributed by atoms with Crippen molar-refractivity contribution in [3.05, 3.63) is 35.4 Å². The first-order valence-corrected chi connectivity index (χ1v) is 10.8. The van der Waals surface area contributed by atoms with Crippen molar-refractivity contribution < 1.29 is 27.1 Å². The topological polar surface area (TPSA) is 61.5 Å². The van der Waals surface area contributed by atoms with Crippen molar-refractivity contribution in [2.45, 2.75) is 57.2 Å². The molecule has 0 saturated heterocycles. The van der Waals surface area contributed by atoms with E-state index in [4.69, 9.17) is 10.2 Å². The van der Waals surface area contributed by atoms with Gasteiger partial charge in [-0.3, -0.25) is 4.79 Å². The highest BCUT2D eigenvalue weighted by Gasteiger charge is 2.42. The minimum absolute atomic E-state index is 0.160. The number of benzene rings is 1. The van der Waals surface area contributed by atoms with Crippen molar-refractivity contribution in [2.24, 2.45) is 5.73 Å². The summed E-state index contributed by atoms with van der Waals surface area (Å²) in [6.45, 7) is 10.0. The van der Waals surface area contributed by atoms with Gasteiger partial charge in [0.15, 0.2) is 8.32 Å². The standard InChI is InChI=1S/C17H26F3NO3Si/c1-16(2,3)25(5,6)24-14(13(21)15(22)23-4)11-7-9-12(10-8-11)17(18,19)20/h7-10,13-14H,21H2,1-6H3/t13?,14-/m0/s1. The molecule has 0 aliphatic carbocycles. The van der Waals surface area contributed by atoms with Crippen molar-refractivity contribution >= 4 is 14.3 Å². The Balaban J connectivity index is 3.26. The second-order valence-corrected chi connectivity index (χ2v) is 12.2. The molecular formula is C17H26F3NO3Si. The van der Waals surface area contributed by atoms with Crippen molar-refractivity contribution in [3.63, 3.8) is 0 Å². The molecule has 2 N–H and O–H groups in total. The van der Waals surface area contributed by atoms with E-state index in [0.29, 0.717) is 5.56 Å². The molecule has 2 atom stereocenters. The Hall–Kier alpha value is -1.38. The van der Waals surface area contributed by atoms with E-state index in [9.17, 15) is 18.0 Å². The number of nitrogens with two attached hydrogens (primary N) is 1. The number of rotatable bonds is 5. The van der Waals surface area contributed by atoms with Crippen LogP contribution in [0.1, 0.15) is 38.0 Å².